The van der Waals surface area contributed by atoms with E-state index in [2.05, 4.69) is 15.6 Å². The lowest BCUT2D eigenvalue weighted by Crippen LogP contribution is -2.28. The molecule has 0 fully saturated rings. The van der Waals surface area contributed by atoms with Gasteiger partial charge in [0, 0.05) is 36.8 Å². The topological polar surface area (TPSA) is 59.0 Å². The Morgan fingerprint density at radius 2 is 1.93 bits per heavy atom. The normalized spacial score (nSPS) is 11.5. The summed E-state index contributed by atoms with van der Waals surface area (Å²) in [5.74, 6) is 0.324. The van der Waals surface area contributed by atoms with Gasteiger partial charge in [0.15, 0.2) is 0 Å². The molecule has 152 valence electrons. The third kappa shape index (κ3) is 4.82. The van der Waals surface area contributed by atoms with Crippen LogP contribution in [-0.2, 0) is 11.8 Å². The van der Waals surface area contributed by atoms with E-state index in [1.54, 1.807) is 6.07 Å². The summed E-state index contributed by atoms with van der Waals surface area (Å²) in [6.07, 6.45) is 0. The van der Waals surface area contributed by atoms with Gasteiger partial charge in [0.1, 0.15) is 11.6 Å². The fourth-order valence-corrected chi connectivity index (χ4v) is 3.03. The number of nitrogens with one attached hydrogen (secondary N) is 2. The lowest BCUT2D eigenvalue weighted by atomic mass is 10.1. The van der Waals surface area contributed by atoms with Crippen LogP contribution in [0.5, 0.6) is 0 Å². The number of aryl methyl sites for hydroxylation is 2. The Hall–Kier alpha value is -2.15. The highest BCUT2D eigenvalue weighted by Crippen LogP contribution is 2.27. The first-order valence-electron chi connectivity index (χ1n) is 8.59. The number of halogens is 3. The van der Waals surface area contributed by atoms with Crippen LogP contribution in [0.1, 0.15) is 12.5 Å². The van der Waals surface area contributed by atoms with Crippen LogP contribution in [0.3, 0.4) is 0 Å². The quantitative estimate of drug-likeness (QED) is 0.638. The molecule has 1 amide bonds. The van der Waals surface area contributed by atoms with E-state index in [0.29, 0.717) is 12.1 Å². The summed E-state index contributed by atoms with van der Waals surface area (Å²) in [4.78, 5) is 16.8. The first-order chi connectivity index (χ1) is 12.4. The van der Waals surface area contributed by atoms with Crippen molar-refractivity contribution < 1.29 is 9.18 Å². The minimum absolute atomic E-state index is 0. The van der Waals surface area contributed by atoms with Gasteiger partial charge in [0.25, 0.3) is 0 Å². The number of carbonyl (C=O) groups excluding carboxylic acids is 1. The predicted octanol–water partition coefficient (Wildman–Crippen LogP) is 4.33. The van der Waals surface area contributed by atoms with Crippen molar-refractivity contribution in [3.05, 3.63) is 47.8 Å². The largest absolute Gasteiger partial charge is 0.327 e. The molecule has 0 saturated heterocycles. The first kappa shape index (κ1) is 23.9. The number of fused-ring (bicyclic) bond motifs is 1. The number of carbonyl (C=O) groups is 1. The molecule has 2 N–H and O–H groups in total. The van der Waals surface area contributed by atoms with Crippen molar-refractivity contribution in [1.82, 2.24) is 14.9 Å². The molecule has 1 atom stereocenters. The van der Waals surface area contributed by atoms with E-state index in [-0.39, 0.29) is 42.5 Å². The van der Waals surface area contributed by atoms with Crippen molar-refractivity contribution in [2.45, 2.75) is 13.8 Å². The molecule has 0 spiro atoms. The molecule has 0 aliphatic heterocycles. The molecule has 3 aromatic rings. The third-order valence-corrected chi connectivity index (χ3v) is 4.54. The maximum Gasteiger partial charge on any atom is 0.228 e. The molecule has 0 aliphatic rings. The average molecular weight is 427 g/mol. The van der Waals surface area contributed by atoms with Gasteiger partial charge in [0.2, 0.25) is 5.91 Å². The SMILES string of the molecule is CNCC(C)C(=O)Nc1ccc(-c2nc3cc(F)ccc3n2C)cc1C.Cl.Cl. The van der Waals surface area contributed by atoms with Gasteiger partial charge in [-0.25, -0.2) is 9.37 Å². The van der Waals surface area contributed by atoms with Crippen LogP contribution in [0, 0.1) is 18.7 Å². The van der Waals surface area contributed by atoms with Gasteiger partial charge in [-0.15, -0.1) is 24.8 Å². The highest BCUT2D eigenvalue weighted by molar-refractivity contribution is 5.93. The number of aromatic nitrogens is 2. The smallest absolute Gasteiger partial charge is 0.228 e. The summed E-state index contributed by atoms with van der Waals surface area (Å²) in [5, 5.41) is 5.97. The van der Waals surface area contributed by atoms with Crippen molar-refractivity contribution in [1.29, 1.82) is 0 Å². The molecule has 0 bridgehead atoms. The summed E-state index contributed by atoms with van der Waals surface area (Å²) in [7, 11) is 3.74. The number of hydrogen-bond donors (Lipinski definition) is 2. The van der Waals surface area contributed by atoms with Gasteiger partial charge in [-0.2, -0.15) is 0 Å². The Morgan fingerprint density at radius 1 is 1.21 bits per heavy atom. The first-order valence-corrected chi connectivity index (χ1v) is 8.59. The molecule has 0 aliphatic carbocycles. The monoisotopic (exact) mass is 426 g/mol. The van der Waals surface area contributed by atoms with Crippen molar-refractivity contribution in [2.24, 2.45) is 13.0 Å². The zero-order valence-electron chi connectivity index (χ0n) is 16.2. The fraction of sp³-hybridized carbons (Fsp3) is 0.300. The van der Waals surface area contributed by atoms with E-state index >= 15 is 0 Å². The number of benzene rings is 2. The number of rotatable bonds is 5. The Labute approximate surface area is 176 Å². The molecular weight excluding hydrogens is 402 g/mol. The minimum Gasteiger partial charge on any atom is -0.327 e. The summed E-state index contributed by atoms with van der Waals surface area (Å²) in [6, 6.07) is 10.4. The molecular formula is C20H25Cl2FN4O. The van der Waals surface area contributed by atoms with Gasteiger partial charge in [-0.05, 0) is 49.9 Å². The van der Waals surface area contributed by atoms with E-state index in [1.165, 1.54) is 12.1 Å². The zero-order chi connectivity index (χ0) is 18.8. The molecule has 0 saturated carbocycles. The molecule has 2 aromatic carbocycles. The molecule has 5 nitrogen and oxygen atoms in total. The second kappa shape index (κ2) is 9.87. The Bertz CT molecular complexity index is 974. The highest BCUT2D eigenvalue weighted by Gasteiger charge is 2.15. The average Bonchev–Trinajstić information content (AvgIpc) is 2.92. The molecule has 1 heterocycles. The van der Waals surface area contributed by atoms with Crippen LogP contribution in [0.25, 0.3) is 22.4 Å². The Kier molecular flexibility index (Phi) is 8.42. The molecule has 1 unspecified atom stereocenters. The van der Waals surface area contributed by atoms with Crippen molar-refractivity contribution in [3.63, 3.8) is 0 Å². The maximum absolute atomic E-state index is 13.4. The van der Waals surface area contributed by atoms with Crippen LogP contribution in [0.4, 0.5) is 10.1 Å². The standard InChI is InChI=1S/C20H23FN4O.2ClH/c1-12-9-14(5-7-16(12)24-20(26)13(2)11-22-3)19-23-17-10-15(21)6-8-18(17)25(19)4;;/h5-10,13,22H,11H2,1-4H3,(H,24,26);2*1H. The summed E-state index contributed by atoms with van der Waals surface area (Å²) in [5.41, 5.74) is 4.15. The van der Waals surface area contributed by atoms with E-state index in [4.69, 9.17) is 0 Å². The minimum atomic E-state index is -0.299. The van der Waals surface area contributed by atoms with Crippen molar-refractivity contribution in [3.8, 4) is 11.4 Å². The van der Waals surface area contributed by atoms with Gasteiger partial charge >= 0.3 is 0 Å². The van der Waals surface area contributed by atoms with Crippen LogP contribution < -0.4 is 10.6 Å². The molecule has 8 heteroatoms. The van der Waals surface area contributed by atoms with Crippen LogP contribution in [0.15, 0.2) is 36.4 Å². The Morgan fingerprint density at radius 3 is 2.57 bits per heavy atom. The van der Waals surface area contributed by atoms with Gasteiger partial charge in [0.05, 0.1) is 11.0 Å². The number of anilines is 1. The summed E-state index contributed by atoms with van der Waals surface area (Å²) < 4.78 is 15.4. The third-order valence-electron chi connectivity index (χ3n) is 4.54. The van der Waals surface area contributed by atoms with Crippen LogP contribution >= 0.6 is 24.8 Å². The number of nitrogens with zero attached hydrogens (tertiary/aromatic N) is 2. The van der Waals surface area contributed by atoms with Crippen LogP contribution in [-0.4, -0.2) is 29.1 Å². The summed E-state index contributed by atoms with van der Waals surface area (Å²) in [6.45, 7) is 4.46. The van der Waals surface area contributed by atoms with E-state index in [0.717, 1.165) is 28.2 Å². The van der Waals surface area contributed by atoms with E-state index < -0.39 is 0 Å². The van der Waals surface area contributed by atoms with Gasteiger partial charge < -0.3 is 15.2 Å². The van der Waals surface area contributed by atoms with E-state index in [9.17, 15) is 9.18 Å². The van der Waals surface area contributed by atoms with Crippen LogP contribution in [0.2, 0.25) is 0 Å². The molecule has 3 rings (SSSR count). The van der Waals surface area contributed by atoms with Gasteiger partial charge in [-0.3, -0.25) is 4.79 Å². The fourth-order valence-electron chi connectivity index (χ4n) is 3.03. The zero-order valence-corrected chi connectivity index (χ0v) is 17.9. The Balaban J connectivity index is 0.00000196. The number of hydrogen-bond acceptors (Lipinski definition) is 3. The second-order valence-electron chi connectivity index (χ2n) is 6.61. The lowest BCUT2D eigenvalue weighted by Gasteiger charge is -2.14. The summed E-state index contributed by atoms with van der Waals surface area (Å²) >= 11 is 0. The molecule has 28 heavy (non-hydrogen) atoms. The number of imidazole rings is 1. The van der Waals surface area contributed by atoms with Crippen molar-refractivity contribution in [2.75, 3.05) is 18.9 Å². The van der Waals surface area contributed by atoms with Gasteiger partial charge in [-0.1, -0.05) is 6.92 Å². The highest BCUT2D eigenvalue weighted by atomic mass is 35.5. The molecule has 1 aromatic heterocycles. The predicted molar refractivity (Wildman–Crippen MR) is 117 cm³/mol. The van der Waals surface area contributed by atoms with Crippen molar-refractivity contribution >= 4 is 47.4 Å². The molecule has 0 radical (unpaired) electrons. The number of amides is 1. The maximum atomic E-state index is 13.4. The lowest BCUT2D eigenvalue weighted by molar-refractivity contribution is -0.119. The second-order valence-corrected chi connectivity index (χ2v) is 6.61. The van der Waals surface area contributed by atoms with E-state index in [1.807, 2.05) is 50.7 Å².